The van der Waals surface area contributed by atoms with Gasteiger partial charge in [-0.2, -0.15) is 4.31 Å². The molecule has 1 aromatic heterocycles. The highest BCUT2D eigenvalue weighted by molar-refractivity contribution is 7.91. The van der Waals surface area contributed by atoms with Gasteiger partial charge >= 0.3 is 0 Å². The van der Waals surface area contributed by atoms with Crippen molar-refractivity contribution in [2.24, 2.45) is 5.92 Å². The van der Waals surface area contributed by atoms with E-state index in [1.165, 1.54) is 4.31 Å². The van der Waals surface area contributed by atoms with Gasteiger partial charge < -0.3 is 10.6 Å². The van der Waals surface area contributed by atoms with Gasteiger partial charge in [-0.1, -0.05) is 13.8 Å². The number of carbonyl (C=O) groups excluding carboxylic acids is 2. The first-order chi connectivity index (χ1) is 14.2. The van der Waals surface area contributed by atoms with Crippen LogP contribution in [-0.4, -0.2) is 37.6 Å². The summed E-state index contributed by atoms with van der Waals surface area (Å²) >= 11 is 1.14. The van der Waals surface area contributed by atoms with Crippen molar-refractivity contribution in [3.8, 4) is 0 Å². The molecule has 0 atom stereocenters. The summed E-state index contributed by atoms with van der Waals surface area (Å²) in [6.07, 6.45) is 2.34. The molecule has 1 aliphatic rings. The maximum absolute atomic E-state index is 12.6. The van der Waals surface area contributed by atoms with Crippen molar-refractivity contribution >= 4 is 44.5 Å². The third-order valence-corrected chi connectivity index (χ3v) is 8.13. The molecule has 2 aromatic rings. The molecule has 30 heavy (non-hydrogen) atoms. The smallest absolute Gasteiger partial charge is 0.252 e. The topological polar surface area (TPSA) is 95.6 Å². The Bertz CT molecular complexity index is 992. The average molecular weight is 450 g/mol. The molecule has 1 saturated heterocycles. The van der Waals surface area contributed by atoms with Crippen molar-refractivity contribution in [3.63, 3.8) is 0 Å². The fraction of sp³-hybridized carbons (Fsp3) is 0.429. The van der Waals surface area contributed by atoms with E-state index in [1.807, 2.05) is 13.8 Å². The number of benzene rings is 1. The summed E-state index contributed by atoms with van der Waals surface area (Å²) in [6, 6.07) is 10.2. The van der Waals surface area contributed by atoms with Crippen LogP contribution in [0.25, 0.3) is 0 Å². The number of nitrogens with zero attached hydrogens (tertiary/aromatic N) is 1. The van der Waals surface area contributed by atoms with Crippen LogP contribution in [0.4, 0.5) is 11.4 Å². The van der Waals surface area contributed by atoms with Gasteiger partial charge in [-0.3, -0.25) is 9.59 Å². The first-order valence-electron chi connectivity index (χ1n) is 10.0. The minimum Gasteiger partial charge on any atom is -0.326 e. The zero-order valence-electron chi connectivity index (χ0n) is 17.2. The maximum Gasteiger partial charge on any atom is 0.252 e. The van der Waals surface area contributed by atoms with E-state index in [-0.39, 0.29) is 28.4 Å². The van der Waals surface area contributed by atoms with Gasteiger partial charge in [-0.15, -0.1) is 11.3 Å². The van der Waals surface area contributed by atoms with Crippen LogP contribution in [0.1, 0.15) is 38.0 Å². The number of hydrogen-bond acceptors (Lipinski definition) is 5. The molecule has 0 radical (unpaired) electrons. The first-order valence-corrected chi connectivity index (χ1v) is 12.3. The minimum atomic E-state index is -3.45. The van der Waals surface area contributed by atoms with E-state index < -0.39 is 10.0 Å². The molecule has 0 saturated carbocycles. The van der Waals surface area contributed by atoms with Gasteiger partial charge in [0.05, 0.1) is 6.42 Å². The summed E-state index contributed by atoms with van der Waals surface area (Å²) in [5.41, 5.74) is 1.29. The Balaban J connectivity index is 1.55. The highest BCUT2D eigenvalue weighted by atomic mass is 32.2. The normalized spacial score (nSPS) is 14.8. The zero-order valence-corrected chi connectivity index (χ0v) is 18.8. The van der Waals surface area contributed by atoms with E-state index in [0.717, 1.165) is 24.2 Å². The molecule has 0 bridgehead atoms. The Labute approximate surface area is 181 Å². The Morgan fingerprint density at radius 2 is 1.53 bits per heavy atom. The molecule has 7 nitrogen and oxygen atoms in total. The summed E-state index contributed by atoms with van der Waals surface area (Å²) in [5.74, 6) is 0.0180. The SMILES string of the molecule is CC(C)CC(=O)Nc1ccc(NC(=O)Cc2ccc(S(=O)(=O)N3CCCC3)s2)cc1. The van der Waals surface area contributed by atoms with E-state index in [4.69, 9.17) is 0 Å². The summed E-state index contributed by atoms with van der Waals surface area (Å²) in [6.45, 7) is 5.08. The molecule has 2 heterocycles. The molecule has 0 spiro atoms. The number of hydrogen-bond donors (Lipinski definition) is 2. The largest absolute Gasteiger partial charge is 0.326 e. The van der Waals surface area contributed by atoms with Crippen LogP contribution in [0.15, 0.2) is 40.6 Å². The van der Waals surface area contributed by atoms with Crippen molar-refractivity contribution in [2.45, 2.75) is 43.7 Å². The molecule has 1 fully saturated rings. The van der Waals surface area contributed by atoms with E-state index in [1.54, 1.807) is 36.4 Å². The van der Waals surface area contributed by atoms with Gasteiger partial charge in [0.1, 0.15) is 4.21 Å². The van der Waals surface area contributed by atoms with E-state index >= 15 is 0 Å². The molecular formula is C21H27N3O4S2. The van der Waals surface area contributed by atoms with E-state index in [0.29, 0.717) is 35.8 Å². The predicted molar refractivity (Wildman–Crippen MR) is 119 cm³/mol. The van der Waals surface area contributed by atoms with Crippen molar-refractivity contribution < 1.29 is 18.0 Å². The lowest BCUT2D eigenvalue weighted by molar-refractivity contribution is -0.117. The standard InChI is InChI=1S/C21H27N3O4S2/c1-15(2)13-19(25)22-16-5-7-17(8-6-16)23-20(26)14-18-9-10-21(29-18)30(27,28)24-11-3-4-12-24/h5-10,15H,3-4,11-14H2,1-2H3,(H,22,25)(H,23,26). The van der Waals surface area contributed by atoms with Crippen LogP contribution in [0.3, 0.4) is 0 Å². The maximum atomic E-state index is 12.6. The Kier molecular flexibility index (Phi) is 7.27. The lowest BCUT2D eigenvalue weighted by Crippen LogP contribution is -2.27. The van der Waals surface area contributed by atoms with Crippen LogP contribution < -0.4 is 10.6 Å². The molecule has 2 amide bonds. The molecular weight excluding hydrogens is 422 g/mol. The van der Waals surface area contributed by atoms with E-state index in [2.05, 4.69) is 10.6 Å². The average Bonchev–Trinajstić information content (AvgIpc) is 3.35. The van der Waals surface area contributed by atoms with Crippen LogP contribution in [0, 0.1) is 5.92 Å². The number of carbonyl (C=O) groups is 2. The molecule has 1 aromatic carbocycles. The molecule has 2 N–H and O–H groups in total. The first kappa shape index (κ1) is 22.5. The van der Waals surface area contributed by atoms with Gasteiger partial charge in [0, 0.05) is 35.8 Å². The highest BCUT2D eigenvalue weighted by Gasteiger charge is 2.28. The number of thiophene rings is 1. The number of anilines is 2. The highest BCUT2D eigenvalue weighted by Crippen LogP contribution is 2.27. The van der Waals surface area contributed by atoms with Crippen molar-refractivity contribution in [1.29, 1.82) is 0 Å². The second kappa shape index (κ2) is 9.72. The number of sulfonamides is 1. The summed E-state index contributed by atoms with van der Waals surface area (Å²) in [5, 5.41) is 5.62. The van der Waals surface area contributed by atoms with Crippen LogP contribution in [0.5, 0.6) is 0 Å². The molecule has 3 rings (SSSR count). The molecule has 162 valence electrons. The fourth-order valence-corrected chi connectivity index (χ4v) is 6.26. The third kappa shape index (κ3) is 5.90. The predicted octanol–water partition coefficient (Wildman–Crippen LogP) is 3.70. The molecule has 1 aliphatic heterocycles. The lowest BCUT2D eigenvalue weighted by Gasteiger charge is -2.13. The minimum absolute atomic E-state index is 0.0424. The molecule has 0 unspecified atom stereocenters. The van der Waals surface area contributed by atoms with Gasteiger partial charge in [0.15, 0.2) is 0 Å². The molecule has 0 aliphatic carbocycles. The Morgan fingerprint density at radius 3 is 2.10 bits per heavy atom. The van der Waals surface area contributed by atoms with Crippen molar-refractivity contribution in [3.05, 3.63) is 41.3 Å². The third-order valence-electron chi connectivity index (χ3n) is 4.68. The quantitative estimate of drug-likeness (QED) is 0.642. The Hall–Kier alpha value is -2.23. The number of amides is 2. The lowest BCUT2D eigenvalue weighted by atomic mass is 10.1. The van der Waals surface area contributed by atoms with Gasteiger partial charge in [0.25, 0.3) is 10.0 Å². The summed E-state index contributed by atoms with van der Waals surface area (Å²) < 4.78 is 27.0. The fourth-order valence-electron chi connectivity index (χ4n) is 3.23. The monoisotopic (exact) mass is 449 g/mol. The van der Waals surface area contributed by atoms with Crippen molar-refractivity contribution in [2.75, 3.05) is 23.7 Å². The second-order valence-corrected chi connectivity index (χ2v) is 11.1. The Morgan fingerprint density at radius 1 is 0.967 bits per heavy atom. The van der Waals surface area contributed by atoms with Crippen molar-refractivity contribution in [1.82, 2.24) is 4.31 Å². The second-order valence-electron chi connectivity index (χ2n) is 7.78. The molecule has 9 heteroatoms. The van der Waals surface area contributed by atoms with Crippen LogP contribution in [0.2, 0.25) is 0 Å². The van der Waals surface area contributed by atoms with Gasteiger partial charge in [0.2, 0.25) is 11.8 Å². The van der Waals surface area contributed by atoms with Gasteiger partial charge in [-0.25, -0.2) is 8.42 Å². The summed E-state index contributed by atoms with van der Waals surface area (Å²) in [4.78, 5) is 24.9. The number of rotatable bonds is 8. The number of nitrogens with one attached hydrogen (secondary N) is 2. The van der Waals surface area contributed by atoms with Crippen LogP contribution in [-0.2, 0) is 26.0 Å². The van der Waals surface area contributed by atoms with E-state index in [9.17, 15) is 18.0 Å². The zero-order chi connectivity index (χ0) is 21.7. The van der Waals surface area contributed by atoms with Gasteiger partial charge in [-0.05, 0) is 55.2 Å². The van der Waals surface area contributed by atoms with Crippen LogP contribution >= 0.6 is 11.3 Å². The summed E-state index contributed by atoms with van der Waals surface area (Å²) in [7, 11) is -3.45.